The highest BCUT2D eigenvalue weighted by molar-refractivity contribution is 5.81. The average Bonchev–Trinajstić information content (AvgIpc) is 3.48. The lowest BCUT2D eigenvalue weighted by Crippen LogP contribution is -2.53. The summed E-state index contributed by atoms with van der Waals surface area (Å²) in [6.45, 7) is 6.80. The number of carbonyl (C=O) groups is 1. The Morgan fingerprint density at radius 3 is 2.48 bits per heavy atom. The summed E-state index contributed by atoms with van der Waals surface area (Å²) in [5.74, 6) is 0.426. The zero-order valence-corrected chi connectivity index (χ0v) is 14.6. The Labute approximate surface area is 148 Å². The number of benzene rings is 1. The molecule has 0 spiro atoms. The van der Waals surface area contributed by atoms with Crippen molar-refractivity contribution in [1.82, 2.24) is 9.80 Å². The average molecular weight is 347 g/mol. The summed E-state index contributed by atoms with van der Waals surface area (Å²) in [6.07, 6.45) is 2.24. The lowest BCUT2D eigenvalue weighted by molar-refractivity contribution is -0.140. The lowest BCUT2D eigenvalue weighted by atomic mass is 10.2. The van der Waals surface area contributed by atoms with Crippen LogP contribution in [0, 0.1) is 11.7 Å². The molecule has 2 aliphatic heterocycles. The van der Waals surface area contributed by atoms with Gasteiger partial charge in [-0.2, -0.15) is 0 Å². The van der Waals surface area contributed by atoms with Crippen molar-refractivity contribution in [3.8, 4) is 0 Å². The topological polar surface area (TPSA) is 36.0 Å². The van der Waals surface area contributed by atoms with E-state index in [1.54, 1.807) is 0 Å². The van der Waals surface area contributed by atoms with Gasteiger partial charge in [0.1, 0.15) is 5.82 Å². The summed E-state index contributed by atoms with van der Waals surface area (Å²) < 4.78 is 18.9. The van der Waals surface area contributed by atoms with Crippen molar-refractivity contribution in [1.29, 1.82) is 0 Å². The van der Waals surface area contributed by atoms with E-state index >= 15 is 0 Å². The number of halogens is 1. The van der Waals surface area contributed by atoms with Crippen molar-refractivity contribution >= 4 is 11.6 Å². The van der Waals surface area contributed by atoms with E-state index in [2.05, 4.69) is 9.80 Å². The molecular weight excluding hydrogens is 321 g/mol. The molecule has 4 rings (SSSR count). The molecule has 3 aliphatic rings. The van der Waals surface area contributed by atoms with Crippen molar-refractivity contribution in [2.75, 3.05) is 57.3 Å². The molecule has 0 aromatic heterocycles. The van der Waals surface area contributed by atoms with Gasteiger partial charge in [-0.3, -0.25) is 9.69 Å². The van der Waals surface area contributed by atoms with Gasteiger partial charge in [-0.25, -0.2) is 4.39 Å². The first kappa shape index (κ1) is 16.8. The van der Waals surface area contributed by atoms with E-state index in [0.29, 0.717) is 12.5 Å². The molecule has 25 heavy (non-hydrogen) atoms. The SMILES string of the molecule is O=C(C1CC1)N1CCO[C@@H](CN2CCN(c3ccc(F)cc3)CC2)C1. The van der Waals surface area contributed by atoms with Crippen LogP contribution in [0.4, 0.5) is 10.1 Å². The van der Waals surface area contributed by atoms with Crippen molar-refractivity contribution in [2.24, 2.45) is 5.92 Å². The number of anilines is 1. The zero-order valence-electron chi connectivity index (χ0n) is 14.6. The Morgan fingerprint density at radius 2 is 1.80 bits per heavy atom. The maximum Gasteiger partial charge on any atom is 0.225 e. The second kappa shape index (κ2) is 7.30. The highest BCUT2D eigenvalue weighted by atomic mass is 19.1. The van der Waals surface area contributed by atoms with Crippen LogP contribution < -0.4 is 4.90 Å². The first-order valence-electron chi connectivity index (χ1n) is 9.32. The van der Waals surface area contributed by atoms with Gasteiger partial charge in [0.2, 0.25) is 5.91 Å². The van der Waals surface area contributed by atoms with E-state index < -0.39 is 0 Å². The summed E-state index contributed by atoms with van der Waals surface area (Å²) in [7, 11) is 0. The second-order valence-corrected chi connectivity index (χ2v) is 7.32. The Kier molecular flexibility index (Phi) is 4.90. The second-order valence-electron chi connectivity index (χ2n) is 7.32. The summed E-state index contributed by atoms with van der Waals surface area (Å²) in [4.78, 5) is 19.0. The minimum atomic E-state index is -0.192. The molecule has 1 aromatic rings. The first-order chi connectivity index (χ1) is 12.2. The van der Waals surface area contributed by atoms with Crippen LogP contribution in [0.1, 0.15) is 12.8 Å². The van der Waals surface area contributed by atoms with Gasteiger partial charge in [-0.1, -0.05) is 0 Å². The molecule has 1 saturated carbocycles. The summed E-state index contributed by atoms with van der Waals surface area (Å²) in [5.41, 5.74) is 1.08. The van der Waals surface area contributed by atoms with Gasteiger partial charge in [0.15, 0.2) is 0 Å². The van der Waals surface area contributed by atoms with Crippen LogP contribution in [0.15, 0.2) is 24.3 Å². The summed E-state index contributed by atoms with van der Waals surface area (Å²) in [6, 6.07) is 6.72. The number of ether oxygens (including phenoxy) is 1. The van der Waals surface area contributed by atoms with Crippen LogP contribution >= 0.6 is 0 Å². The normalized spacial score (nSPS) is 25.2. The number of nitrogens with zero attached hydrogens (tertiary/aromatic N) is 3. The van der Waals surface area contributed by atoms with Crippen molar-refractivity contribution in [2.45, 2.75) is 18.9 Å². The standard InChI is InChI=1S/C19H26FN3O2/c20-16-3-5-17(6-4-16)22-9-7-21(8-10-22)13-18-14-23(11-12-25-18)19(24)15-1-2-15/h3-6,15,18H,1-2,7-14H2/t18-/m0/s1. The monoisotopic (exact) mass is 347 g/mol. The molecule has 2 heterocycles. The fourth-order valence-electron chi connectivity index (χ4n) is 3.75. The molecule has 136 valence electrons. The molecular formula is C19H26FN3O2. The molecule has 3 fully saturated rings. The number of hydrogen-bond acceptors (Lipinski definition) is 4. The van der Waals surface area contributed by atoms with Gasteiger partial charge in [0.25, 0.3) is 0 Å². The number of rotatable bonds is 4. The Balaban J connectivity index is 1.25. The minimum Gasteiger partial charge on any atom is -0.373 e. The molecule has 0 unspecified atom stereocenters. The van der Waals surface area contributed by atoms with E-state index in [1.807, 2.05) is 17.0 Å². The third-order valence-corrected chi connectivity index (χ3v) is 5.40. The molecule has 6 heteroatoms. The van der Waals surface area contributed by atoms with E-state index in [9.17, 15) is 9.18 Å². The molecule has 2 saturated heterocycles. The maximum absolute atomic E-state index is 13.0. The summed E-state index contributed by atoms with van der Waals surface area (Å²) >= 11 is 0. The molecule has 1 atom stereocenters. The van der Waals surface area contributed by atoms with E-state index in [0.717, 1.165) is 64.3 Å². The number of morpholine rings is 1. The first-order valence-corrected chi connectivity index (χ1v) is 9.32. The minimum absolute atomic E-state index is 0.119. The Morgan fingerprint density at radius 1 is 1.08 bits per heavy atom. The molecule has 0 N–H and O–H groups in total. The summed E-state index contributed by atoms with van der Waals surface area (Å²) in [5, 5.41) is 0. The third kappa shape index (κ3) is 4.12. The quantitative estimate of drug-likeness (QED) is 0.829. The fourth-order valence-corrected chi connectivity index (χ4v) is 3.75. The Hall–Kier alpha value is -1.66. The molecule has 1 amide bonds. The highest BCUT2D eigenvalue weighted by Crippen LogP contribution is 2.31. The van der Waals surface area contributed by atoms with E-state index in [4.69, 9.17) is 4.74 Å². The van der Waals surface area contributed by atoms with Crippen LogP contribution in [0.25, 0.3) is 0 Å². The molecule has 0 bridgehead atoms. The van der Waals surface area contributed by atoms with Gasteiger partial charge in [-0.05, 0) is 37.1 Å². The Bertz CT molecular complexity index is 597. The number of piperazine rings is 1. The number of hydrogen-bond donors (Lipinski definition) is 0. The highest BCUT2D eigenvalue weighted by Gasteiger charge is 2.36. The van der Waals surface area contributed by atoms with E-state index in [1.165, 1.54) is 12.1 Å². The lowest BCUT2D eigenvalue weighted by Gasteiger charge is -2.40. The molecule has 0 radical (unpaired) electrons. The smallest absolute Gasteiger partial charge is 0.225 e. The van der Waals surface area contributed by atoms with Gasteiger partial charge >= 0.3 is 0 Å². The van der Waals surface area contributed by atoms with Gasteiger partial charge < -0.3 is 14.5 Å². The molecule has 1 aromatic carbocycles. The van der Waals surface area contributed by atoms with Gasteiger partial charge in [-0.15, -0.1) is 0 Å². The van der Waals surface area contributed by atoms with Gasteiger partial charge in [0.05, 0.1) is 12.7 Å². The third-order valence-electron chi connectivity index (χ3n) is 5.40. The van der Waals surface area contributed by atoms with E-state index in [-0.39, 0.29) is 17.8 Å². The van der Waals surface area contributed by atoms with Crippen LogP contribution in [0.2, 0.25) is 0 Å². The van der Waals surface area contributed by atoms with Crippen molar-refractivity contribution in [3.63, 3.8) is 0 Å². The molecule has 1 aliphatic carbocycles. The van der Waals surface area contributed by atoms with Gasteiger partial charge in [0, 0.05) is 57.4 Å². The van der Waals surface area contributed by atoms with Crippen molar-refractivity contribution in [3.05, 3.63) is 30.1 Å². The van der Waals surface area contributed by atoms with Crippen LogP contribution in [-0.4, -0.2) is 74.2 Å². The predicted molar refractivity (Wildman–Crippen MR) is 94.1 cm³/mol. The fraction of sp³-hybridized carbons (Fsp3) is 0.632. The van der Waals surface area contributed by atoms with Crippen LogP contribution in [-0.2, 0) is 9.53 Å². The number of carbonyl (C=O) groups excluding carboxylic acids is 1. The maximum atomic E-state index is 13.0. The van der Waals surface area contributed by atoms with Crippen molar-refractivity contribution < 1.29 is 13.9 Å². The number of amides is 1. The predicted octanol–water partition coefficient (Wildman–Crippen LogP) is 1.59. The zero-order chi connectivity index (χ0) is 17.2. The van der Waals surface area contributed by atoms with Crippen LogP contribution in [0.5, 0.6) is 0 Å². The molecule has 5 nitrogen and oxygen atoms in total. The van der Waals surface area contributed by atoms with Crippen LogP contribution in [0.3, 0.4) is 0 Å². The largest absolute Gasteiger partial charge is 0.373 e.